The smallest absolute Gasteiger partial charge is 0.172 e. The first-order valence-electron chi connectivity index (χ1n) is 6.10. The summed E-state index contributed by atoms with van der Waals surface area (Å²) in [4.78, 5) is 8.63. The van der Waals surface area contributed by atoms with Crippen LogP contribution in [0.1, 0.15) is 18.3 Å². The standard InChI is InChI=1S/C14H16ClN3O/c1-4-19-12-7-5-6-11(8-12)18-14-13(15)16-9(2)10(3)17-14/h5-8H,4H2,1-3H3,(H,17,18). The van der Waals surface area contributed by atoms with Crippen molar-refractivity contribution in [3.8, 4) is 5.75 Å². The van der Waals surface area contributed by atoms with Gasteiger partial charge >= 0.3 is 0 Å². The molecule has 0 spiro atoms. The van der Waals surface area contributed by atoms with Gasteiger partial charge in [0.2, 0.25) is 0 Å². The van der Waals surface area contributed by atoms with Crippen LogP contribution in [-0.4, -0.2) is 16.6 Å². The number of aromatic nitrogens is 2. The molecule has 1 aromatic carbocycles. The van der Waals surface area contributed by atoms with Crippen LogP contribution in [0.2, 0.25) is 5.15 Å². The summed E-state index contributed by atoms with van der Waals surface area (Å²) in [6, 6.07) is 7.64. The summed E-state index contributed by atoms with van der Waals surface area (Å²) in [6.07, 6.45) is 0. The number of benzene rings is 1. The van der Waals surface area contributed by atoms with Crippen molar-refractivity contribution >= 4 is 23.1 Å². The third-order valence-corrected chi connectivity index (χ3v) is 2.94. The maximum atomic E-state index is 6.08. The highest BCUT2D eigenvalue weighted by Gasteiger charge is 2.07. The molecule has 1 heterocycles. The topological polar surface area (TPSA) is 47.0 Å². The lowest BCUT2D eigenvalue weighted by atomic mass is 10.3. The maximum Gasteiger partial charge on any atom is 0.172 e. The minimum absolute atomic E-state index is 0.366. The summed E-state index contributed by atoms with van der Waals surface area (Å²) in [5, 5.41) is 3.52. The van der Waals surface area contributed by atoms with Crippen LogP contribution >= 0.6 is 11.6 Å². The number of aryl methyl sites for hydroxylation is 2. The van der Waals surface area contributed by atoms with Gasteiger partial charge in [0.1, 0.15) is 5.75 Å². The summed E-state index contributed by atoms with van der Waals surface area (Å²) >= 11 is 6.08. The molecule has 2 aromatic rings. The molecule has 0 aliphatic heterocycles. The Balaban J connectivity index is 2.25. The molecule has 0 atom stereocenters. The van der Waals surface area contributed by atoms with Crippen LogP contribution < -0.4 is 10.1 Å². The first-order chi connectivity index (χ1) is 9.10. The van der Waals surface area contributed by atoms with E-state index >= 15 is 0 Å². The van der Waals surface area contributed by atoms with E-state index in [1.54, 1.807) is 0 Å². The van der Waals surface area contributed by atoms with Crippen molar-refractivity contribution in [2.45, 2.75) is 20.8 Å². The minimum Gasteiger partial charge on any atom is -0.494 e. The molecule has 1 N–H and O–H groups in total. The Bertz CT molecular complexity index is 587. The largest absolute Gasteiger partial charge is 0.494 e. The molecule has 100 valence electrons. The maximum absolute atomic E-state index is 6.08. The van der Waals surface area contributed by atoms with E-state index in [-0.39, 0.29) is 0 Å². The predicted molar refractivity (Wildman–Crippen MR) is 77.4 cm³/mol. The average Bonchev–Trinajstić information content (AvgIpc) is 2.37. The Kier molecular flexibility index (Phi) is 4.22. The quantitative estimate of drug-likeness (QED) is 0.921. The molecule has 19 heavy (non-hydrogen) atoms. The molecular formula is C14H16ClN3O. The Morgan fingerprint density at radius 2 is 1.95 bits per heavy atom. The summed E-state index contributed by atoms with van der Waals surface area (Å²) in [7, 11) is 0. The zero-order valence-electron chi connectivity index (χ0n) is 11.2. The van der Waals surface area contributed by atoms with Gasteiger partial charge in [0, 0.05) is 11.8 Å². The first kappa shape index (κ1) is 13.6. The first-order valence-corrected chi connectivity index (χ1v) is 6.48. The highest BCUT2D eigenvalue weighted by Crippen LogP contribution is 2.25. The van der Waals surface area contributed by atoms with Crippen molar-refractivity contribution in [1.82, 2.24) is 9.97 Å². The van der Waals surface area contributed by atoms with Crippen LogP contribution in [0, 0.1) is 13.8 Å². The van der Waals surface area contributed by atoms with Crippen molar-refractivity contribution in [3.05, 3.63) is 40.8 Å². The molecule has 0 bridgehead atoms. The number of anilines is 2. The zero-order valence-corrected chi connectivity index (χ0v) is 12.0. The molecule has 0 saturated heterocycles. The third kappa shape index (κ3) is 3.35. The summed E-state index contributed by atoms with van der Waals surface area (Å²) in [5.74, 6) is 1.36. The molecule has 2 rings (SSSR count). The number of hydrogen-bond donors (Lipinski definition) is 1. The molecule has 0 aliphatic carbocycles. The lowest BCUT2D eigenvalue weighted by Crippen LogP contribution is -2.01. The molecule has 0 saturated carbocycles. The van der Waals surface area contributed by atoms with Crippen molar-refractivity contribution in [2.75, 3.05) is 11.9 Å². The van der Waals surface area contributed by atoms with Crippen LogP contribution in [0.3, 0.4) is 0 Å². The zero-order chi connectivity index (χ0) is 13.8. The number of nitrogens with zero attached hydrogens (tertiary/aromatic N) is 2. The lowest BCUT2D eigenvalue weighted by Gasteiger charge is -2.10. The lowest BCUT2D eigenvalue weighted by molar-refractivity contribution is 0.340. The van der Waals surface area contributed by atoms with Gasteiger partial charge in [0.15, 0.2) is 11.0 Å². The molecule has 0 fully saturated rings. The highest BCUT2D eigenvalue weighted by molar-refractivity contribution is 6.31. The van der Waals surface area contributed by atoms with Crippen molar-refractivity contribution in [3.63, 3.8) is 0 Å². The van der Waals surface area contributed by atoms with Gasteiger partial charge in [-0.15, -0.1) is 0 Å². The Hall–Kier alpha value is -1.81. The van der Waals surface area contributed by atoms with Gasteiger partial charge in [-0.2, -0.15) is 0 Å². The fourth-order valence-corrected chi connectivity index (χ4v) is 1.84. The van der Waals surface area contributed by atoms with E-state index in [4.69, 9.17) is 16.3 Å². The number of hydrogen-bond acceptors (Lipinski definition) is 4. The molecule has 1 aromatic heterocycles. The van der Waals surface area contributed by atoms with Gasteiger partial charge in [0.25, 0.3) is 0 Å². The molecule has 4 nitrogen and oxygen atoms in total. The van der Waals surface area contributed by atoms with Crippen molar-refractivity contribution in [2.24, 2.45) is 0 Å². The summed E-state index contributed by atoms with van der Waals surface area (Å²) < 4.78 is 5.45. The second kappa shape index (κ2) is 5.89. The van der Waals surface area contributed by atoms with Crippen molar-refractivity contribution in [1.29, 1.82) is 0 Å². The monoisotopic (exact) mass is 277 g/mol. The van der Waals surface area contributed by atoms with Crippen molar-refractivity contribution < 1.29 is 4.74 Å². The normalized spacial score (nSPS) is 10.3. The van der Waals surface area contributed by atoms with Gasteiger partial charge in [0.05, 0.1) is 18.0 Å². The van der Waals surface area contributed by atoms with Crippen LogP contribution in [0.5, 0.6) is 5.75 Å². The van der Waals surface area contributed by atoms with E-state index in [0.29, 0.717) is 17.6 Å². The number of ether oxygens (including phenoxy) is 1. The fraction of sp³-hybridized carbons (Fsp3) is 0.286. The molecular weight excluding hydrogens is 262 g/mol. The van der Waals surface area contributed by atoms with Gasteiger partial charge in [-0.25, -0.2) is 9.97 Å². The van der Waals surface area contributed by atoms with Gasteiger partial charge in [-0.1, -0.05) is 17.7 Å². The average molecular weight is 278 g/mol. The van der Waals surface area contributed by atoms with Gasteiger partial charge < -0.3 is 10.1 Å². The number of rotatable bonds is 4. The number of halogens is 1. The predicted octanol–water partition coefficient (Wildman–Crippen LogP) is 3.89. The number of nitrogens with one attached hydrogen (secondary N) is 1. The molecule has 0 unspecified atom stereocenters. The molecule has 0 radical (unpaired) electrons. The van der Waals surface area contributed by atoms with Gasteiger partial charge in [-0.05, 0) is 32.9 Å². The van der Waals surface area contributed by atoms with Crippen LogP contribution in [0.25, 0.3) is 0 Å². The highest BCUT2D eigenvalue weighted by atomic mass is 35.5. The van der Waals surface area contributed by atoms with Crippen LogP contribution in [-0.2, 0) is 0 Å². The second-order valence-corrected chi connectivity index (χ2v) is 4.48. The Morgan fingerprint density at radius 3 is 2.68 bits per heavy atom. The van der Waals surface area contributed by atoms with Gasteiger partial charge in [-0.3, -0.25) is 0 Å². The Labute approximate surface area is 117 Å². The van der Waals surface area contributed by atoms with E-state index in [9.17, 15) is 0 Å². The fourth-order valence-electron chi connectivity index (χ4n) is 1.62. The summed E-state index contributed by atoms with van der Waals surface area (Å²) in [6.45, 7) is 6.37. The van der Waals surface area contributed by atoms with Crippen LogP contribution in [0.15, 0.2) is 24.3 Å². The van der Waals surface area contributed by atoms with Crippen LogP contribution in [0.4, 0.5) is 11.5 Å². The third-order valence-electron chi connectivity index (χ3n) is 2.67. The second-order valence-electron chi connectivity index (χ2n) is 4.12. The summed E-state index contributed by atoms with van der Waals surface area (Å²) in [5.41, 5.74) is 2.55. The molecule has 0 amide bonds. The van der Waals surface area contributed by atoms with E-state index in [2.05, 4.69) is 15.3 Å². The van der Waals surface area contributed by atoms with E-state index < -0.39 is 0 Å². The molecule has 0 aliphatic rings. The Morgan fingerprint density at radius 1 is 1.21 bits per heavy atom. The van der Waals surface area contributed by atoms with E-state index in [1.807, 2.05) is 45.0 Å². The van der Waals surface area contributed by atoms with E-state index in [1.165, 1.54) is 0 Å². The molecule has 5 heteroatoms. The minimum atomic E-state index is 0.366. The SMILES string of the molecule is CCOc1cccc(Nc2nc(C)c(C)nc2Cl)c1. The van der Waals surface area contributed by atoms with E-state index in [0.717, 1.165) is 22.8 Å².